The zero-order chi connectivity index (χ0) is 24.8. The highest BCUT2D eigenvalue weighted by atomic mass is 32.1. The van der Waals surface area contributed by atoms with E-state index >= 15 is 0 Å². The topological polar surface area (TPSA) is 0 Å². The van der Waals surface area contributed by atoms with Crippen LogP contribution in [0.5, 0.6) is 0 Å². The van der Waals surface area contributed by atoms with E-state index in [9.17, 15) is 0 Å². The maximum atomic E-state index is 5.14. The number of fused-ring (bicyclic) bond motifs is 4. The van der Waals surface area contributed by atoms with Crippen LogP contribution in [0.25, 0.3) is 65.7 Å². The quantitative estimate of drug-likeness (QED) is 0.186. The third kappa shape index (κ3) is 3.80. The first-order valence-corrected chi connectivity index (χ1v) is 13.0. The summed E-state index contributed by atoms with van der Waals surface area (Å²) in [7, 11) is 0. The van der Waals surface area contributed by atoms with Gasteiger partial charge in [0.25, 0.3) is 0 Å². The highest BCUT2D eigenvalue weighted by molar-refractivity contribution is 7.80. The van der Waals surface area contributed by atoms with Crippen LogP contribution in [0.2, 0.25) is 0 Å². The van der Waals surface area contributed by atoms with Gasteiger partial charge in [0, 0.05) is 10.5 Å². The molecule has 0 heterocycles. The van der Waals surface area contributed by atoms with Crippen molar-refractivity contribution in [2.75, 3.05) is 0 Å². The number of hydrogen-bond acceptors (Lipinski definition) is 1. The van der Waals surface area contributed by atoms with Crippen molar-refractivity contribution in [3.8, 4) is 33.4 Å². The van der Waals surface area contributed by atoms with E-state index in [1.54, 1.807) is 0 Å². The minimum absolute atomic E-state index is 1.02. The monoisotopic (exact) mass is 488 g/mol. The molecule has 0 nitrogen and oxygen atoms in total. The van der Waals surface area contributed by atoms with Crippen molar-refractivity contribution in [3.05, 3.63) is 140 Å². The molecule has 0 aliphatic heterocycles. The molecule has 0 bridgehead atoms. The Bertz CT molecular complexity index is 1930. The lowest BCUT2D eigenvalue weighted by Crippen LogP contribution is -1.90. The smallest absolute Gasteiger partial charge is 0.0204 e. The van der Waals surface area contributed by atoms with E-state index in [0.29, 0.717) is 0 Å². The van der Waals surface area contributed by atoms with Crippen LogP contribution in [0.15, 0.2) is 144 Å². The van der Waals surface area contributed by atoms with E-state index in [1.807, 2.05) is 0 Å². The summed E-state index contributed by atoms with van der Waals surface area (Å²) in [6.07, 6.45) is 0. The largest absolute Gasteiger partial charge is 0.142 e. The third-order valence-corrected chi connectivity index (χ3v) is 7.80. The van der Waals surface area contributed by atoms with E-state index in [0.717, 1.165) is 4.90 Å². The van der Waals surface area contributed by atoms with Crippen LogP contribution in [0.3, 0.4) is 0 Å². The highest BCUT2D eigenvalue weighted by Crippen LogP contribution is 2.43. The average Bonchev–Trinajstić information content (AvgIpc) is 2.97. The fourth-order valence-corrected chi connectivity index (χ4v) is 5.94. The summed E-state index contributed by atoms with van der Waals surface area (Å²) in [6.45, 7) is 0. The molecule has 0 spiro atoms. The van der Waals surface area contributed by atoms with Gasteiger partial charge in [-0.1, -0.05) is 121 Å². The molecule has 7 aromatic carbocycles. The minimum atomic E-state index is 1.02. The van der Waals surface area contributed by atoms with Gasteiger partial charge < -0.3 is 0 Å². The summed E-state index contributed by atoms with van der Waals surface area (Å²) in [4.78, 5) is 1.02. The Morgan fingerprint density at radius 3 is 1.78 bits per heavy atom. The predicted octanol–water partition coefficient (Wildman–Crippen LogP) is 10.4. The molecule has 7 rings (SSSR count). The molecule has 0 aromatic heterocycles. The minimum Gasteiger partial charge on any atom is -0.142 e. The second-order valence-corrected chi connectivity index (χ2v) is 9.99. The normalized spacial score (nSPS) is 11.4. The summed E-state index contributed by atoms with van der Waals surface area (Å²) in [6, 6.07) is 50.1. The van der Waals surface area contributed by atoms with Gasteiger partial charge in [0.05, 0.1) is 0 Å². The molecule has 7 aromatic rings. The number of benzene rings is 7. The molecule has 0 radical (unpaired) electrons. The lowest BCUT2D eigenvalue weighted by atomic mass is 9.89. The van der Waals surface area contributed by atoms with Crippen molar-refractivity contribution in [1.82, 2.24) is 0 Å². The summed E-state index contributed by atoms with van der Waals surface area (Å²) in [5, 5.41) is 7.39. The van der Waals surface area contributed by atoms with Crippen LogP contribution in [-0.2, 0) is 0 Å². The molecule has 0 unspecified atom stereocenters. The maximum Gasteiger partial charge on any atom is 0.0204 e. The van der Waals surface area contributed by atoms with Crippen LogP contribution in [-0.4, -0.2) is 0 Å². The Kier molecular flexibility index (Phi) is 5.30. The average molecular weight is 489 g/mol. The first kappa shape index (κ1) is 21.9. The predicted molar refractivity (Wildman–Crippen MR) is 163 cm³/mol. The fourth-order valence-electron chi connectivity index (χ4n) is 5.50. The van der Waals surface area contributed by atoms with E-state index in [2.05, 4.69) is 140 Å². The van der Waals surface area contributed by atoms with Gasteiger partial charge in [-0.2, -0.15) is 0 Å². The molecule has 0 fully saturated rings. The van der Waals surface area contributed by atoms with Gasteiger partial charge in [-0.3, -0.25) is 0 Å². The Hall–Kier alpha value is -4.33. The Morgan fingerprint density at radius 2 is 0.919 bits per heavy atom. The zero-order valence-electron chi connectivity index (χ0n) is 20.2. The fraction of sp³-hybridized carbons (Fsp3) is 0. The first-order chi connectivity index (χ1) is 18.3. The highest BCUT2D eigenvalue weighted by Gasteiger charge is 2.15. The van der Waals surface area contributed by atoms with Crippen LogP contribution in [0.1, 0.15) is 0 Å². The van der Waals surface area contributed by atoms with Crippen molar-refractivity contribution in [1.29, 1.82) is 0 Å². The van der Waals surface area contributed by atoms with E-state index in [-0.39, 0.29) is 0 Å². The summed E-state index contributed by atoms with van der Waals surface area (Å²) >= 11 is 5.14. The van der Waals surface area contributed by atoms with Crippen molar-refractivity contribution < 1.29 is 0 Å². The number of hydrogen-bond donors (Lipinski definition) is 1. The second-order valence-electron chi connectivity index (χ2n) is 9.54. The van der Waals surface area contributed by atoms with Gasteiger partial charge in [0.1, 0.15) is 0 Å². The third-order valence-electron chi connectivity index (χ3n) is 7.34. The van der Waals surface area contributed by atoms with Crippen molar-refractivity contribution in [2.45, 2.75) is 4.90 Å². The lowest BCUT2D eigenvalue weighted by Gasteiger charge is -2.17. The van der Waals surface area contributed by atoms with Gasteiger partial charge >= 0.3 is 0 Å². The molecule has 174 valence electrons. The molecular formula is C36H24S. The van der Waals surface area contributed by atoms with Crippen LogP contribution < -0.4 is 0 Å². The van der Waals surface area contributed by atoms with Gasteiger partial charge in [0.2, 0.25) is 0 Å². The second kappa shape index (κ2) is 8.96. The number of thiol groups is 1. The van der Waals surface area contributed by atoms with Gasteiger partial charge in [-0.25, -0.2) is 0 Å². The summed E-state index contributed by atoms with van der Waals surface area (Å²) < 4.78 is 0. The van der Waals surface area contributed by atoms with Crippen molar-refractivity contribution >= 4 is 44.9 Å². The lowest BCUT2D eigenvalue weighted by molar-refractivity contribution is 1.54. The molecule has 0 aliphatic rings. The van der Waals surface area contributed by atoms with Gasteiger partial charge in [0.15, 0.2) is 0 Å². The molecule has 0 N–H and O–H groups in total. The molecule has 0 saturated carbocycles. The molecular weight excluding hydrogens is 464 g/mol. The zero-order valence-corrected chi connectivity index (χ0v) is 21.1. The number of rotatable bonds is 3. The molecule has 0 atom stereocenters. The Labute approximate surface area is 222 Å². The summed E-state index contributed by atoms with van der Waals surface area (Å²) in [5.74, 6) is 0. The summed E-state index contributed by atoms with van der Waals surface area (Å²) in [5.41, 5.74) is 7.21. The van der Waals surface area contributed by atoms with Crippen molar-refractivity contribution in [3.63, 3.8) is 0 Å². The molecule has 0 saturated heterocycles. The standard InChI is InChI=1S/C36H24S/c37-36-33-16-7-6-15-31(33)32-20-19-29(24-9-2-1-3-10-24)23-34(32)35(36)30-14-8-13-27(22-30)28-18-17-25-11-4-5-12-26(25)21-28/h1-23,37H. The van der Waals surface area contributed by atoms with Crippen LogP contribution in [0, 0.1) is 0 Å². The molecule has 0 aliphatic carbocycles. The molecule has 37 heavy (non-hydrogen) atoms. The van der Waals surface area contributed by atoms with Gasteiger partial charge in [-0.05, 0) is 78.3 Å². The van der Waals surface area contributed by atoms with Crippen LogP contribution >= 0.6 is 12.6 Å². The molecule has 1 heteroatoms. The molecule has 0 amide bonds. The van der Waals surface area contributed by atoms with Crippen molar-refractivity contribution in [2.24, 2.45) is 0 Å². The van der Waals surface area contributed by atoms with E-state index in [1.165, 1.54) is 65.7 Å². The first-order valence-electron chi connectivity index (χ1n) is 12.6. The van der Waals surface area contributed by atoms with E-state index in [4.69, 9.17) is 12.6 Å². The van der Waals surface area contributed by atoms with Crippen LogP contribution in [0.4, 0.5) is 0 Å². The Balaban J connectivity index is 1.49. The Morgan fingerprint density at radius 1 is 0.324 bits per heavy atom. The van der Waals surface area contributed by atoms with Gasteiger partial charge in [-0.15, -0.1) is 12.6 Å². The van der Waals surface area contributed by atoms with E-state index < -0.39 is 0 Å². The SMILES string of the molecule is Sc1c(-c2cccc(-c3ccc4ccccc4c3)c2)c2cc(-c3ccccc3)ccc2c2ccccc12. The maximum absolute atomic E-state index is 5.14.